The van der Waals surface area contributed by atoms with Gasteiger partial charge in [0.2, 0.25) is 5.91 Å². The molecule has 20 heavy (non-hydrogen) atoms. The lowest BCUT2D eigenvalue weighted by molar-refractivity contribution is -0.120. The number of nitrogens with one attached hydrogen (secondary N) is 1. The molecule has 0 saturated heterocycles. The number of amides is 1. The molecule has 0 aliphatic rings. The second kappa shape index (κ2) is 7.08. The van der Waals surface area contributed by atoms with Crippen molar-refractivity contribution in [2.24, 2.45) is 5.10 Å². The lowest BCUT2D eigenvalue weighted by Gasteiger charge is -2.00. The number of hydrogen-bond acceptors (Lipinski definition) is 2. The van der Waals surface area contributed by atoms with E-state index in [4.69, 9.17) is 23.2 Å². The Morgan fingerprint density at radius 2 is 1.55 bits per heavy atom. The molecule has 2 rings (SSSR count). The Hall–Kier alpha value is -1.84. The van der Waals surface area contributed by atoms with Gasteiger partial charge in [-0.3, -0.25) is 4.79 Å². The minimum Gasteiger partial charge on any atom is -0.273 e. The first kappa shape index (κ1) is 14.6. The highest BCUT2D eigenvalue weighted by molar-refractivity contribution is 6.30. The van der Waals surface area contributed by atoms with Gasteiger partial charge in [0.1, 0.15) is 0 Å². The molecule has 0 radical (unpaired) electrons. The number of nitrogens with zero attached hydrogens (tertiary/aromatic N) is 1. The lowest BCUT2D eigenvalue weighted by atomic mass is 10.1. The third-order valence-corrected chi connectivity index (χ3v) is 3.05. The van der Waals surface area contributed by atoms with Crippen LogP contribution in [0.25, 0.3) is 0 Å². The lowest BCUT2D eigenvalue weighted by Crippen LogP contribution is -2.19. The zero-order valence-corrected chi connectivity index (χ0v) is 12.0. The minimum atomic E-state index is -0.183. The molecule has 0 spiro atoms. The molecule has 5 heteroatoms. The molecular formula is C15H12Cl2N2O. The first-order chi connectivity index (χ1) is 9.63. The van der Waals surface area contributed by atoms with Crippen LogP contribution in [0.15, 0.2) is 53.6 Å². The maximum atomic E-state index is 11.7. The Bertz CT molecular complexity index is 607. The summed E-state index contributed by atoms with van der Waals surface area (Å²) < 4.78 is 0. The van der Waals surface area contributed by atoms with Gasteiger partial charge < -0.3 is 0 Å². The van der Waals surface area contributed by atoms with Gasteiger partial charge >= 0.3 is 0 Å². The van der Waals surface area contributed by atoms with Crippen molar-refractivity contribution in [3.63, 3.8) is 0 Å². The number of carbonyl (C=O) groups excluding carboxylic acids is 1. The summed E-state index contributed by atoms with van der Waals surface area (Å²) in [7, 11) is 0. The summed E-state index contributed by atoms with van der Waals surface area (Å²) in [6, 6.07) is 14.3. The van der Waals surface area contributed by atoms with E-state index in [1.807, 2.05) is 24.3 Å². The van der Waals surface area contributed by atoms with Crippen molar-refractivity contribution >= 4 is 35.3 Å². The molecule has 1 amide bonds. The van der Waals surface area contributed by atoms with Crippen LogP contribution in [0, 0.1) is 0 Å². The molecular weight excluding hydrogens is 295 g/mol. The van der Waals surface area contributed by atoms with E-state index in [9.17, 15) is 4.79 Å². The van der Waals surface area contributed by atoms with Gasteiger partial charge in [0.15, 0.2) is 0 Å². The molecule has 102 valence electrons. The number of benzene rings is 2. The molecule has 0 fully saturated rings. The van der Waals surface area contributed by atoms with Crippen LogP contribution in [-0.2, 0) is 11.2 Å². The van der Waals surface area contributed by atoms with E-state index in [1.165, 1.54) is 0 Å². The van der Waals surface area contributed by atoms with Crippen molar-refractivity contribution in [2.75, 3.05) is 0 Å². The first-order valence-corrected chi connectivity index (χ1v) is 6.71. The van der Waals surface area contributed by atoms with E-state index in [0.29, 0.717) is 10.0 Å². The second-order valence-electron chi connectivity index (χ2n) is 4.15. The molecule has 2 aromatic carbocycles. The van der Waals surface area contributed by atoms with E-state index in [1.54, 1.807) is 30.5 Å². The Morgan fingerprint density at radius 1 is 1.00 bits per heavy atom. The largest absolute Gasteiger partial charge is 0.273 e. The Balaban J connectivity index is 1.85. The summed E-state index contributed by atoms with van der Waals surface area (Å²) >= 11 is 11.6. The third kappa shape index (κ3) is 4.68. The maximum absolute atomic E-state index is 11.7. The summed E-state index contributed by atoms with van der Waals surface area (Å²) in [6.45, 7) is 0. The average Bonchev–Trinajstić information content (AvgIpc) is 2.44. The van der Waals surface area contributed by atoms with Crippen LogP contribution in [0.5, 0.6) is 0 Å². The summed E-state index contributed by atoms with van der Waals surface area (Å²) in [5.41, 5.74) is 4.22. The van der Waals surface area contributed by atoms with Gasteiger partial charge in [0, 0.05) is 10.0 Å². The van der Waals surface area contributed by atoms with Crippen LogP contribution in [0.3, 0.4) is 0 Å². The molecule has 0 aliphatic carbocycles. The predicted octanol–water partition coefficient (Wildman–Crippen LogP) is 3.69. The van der Waals surface area contributed by atoms with Crippen molar-refractivity contribution in [1.29, 1.82) is 0 Å². The van der Waals surface area contributed by atoms with Crippen LogP contribution in [0.2, 0.25) is 10.0 Å². The molecule has 0 saturated carbocycles. The summed E-state index contributed by atoms with van der Waals surface area (Å²) in [5, 5.41) is 5.20. The molecule has 1 N–H and O–H groups in total. The Labute approximate surface area is 127 Å². The van der Waals surface area contributed by atoms with Crippen molar-refractivity contribution in [3.8, 4) is 0 Å². The fourth-order valence-electron chi connectivity index (χ4n) is 1.55. The van der Waals surface area contributed by atoms with Crippen molar-refractivity contribution in [3.05, 3.63) is 69.7 Å². The number of hydrazone groups is 1. The van der Waals surface area contributed by atoms with Gasteiger partial charge in [-0.2, -0.15) is 5.10 Å². The van der Waals surface area contributed by atoms with Crippen molar-refractivity contribution in [2.45, 2.75) is 6.42 Å². The maximum Gasteiger partial charge on any atom is 0.244 e. The van der Waals surface area contributed by atoms with E-state index in [-0.39, 0.29) is 12.3 Å². The molecule has 0 unspecified atom stereocenters. The number of rotatable bonds is 4. The zero-order chi connectivity index (χ0) is 14.4. The van der Waals surface area contributed by atoms with Crippen molar-refractivity contribution in [1.82, 2.24) is 5.43 Å². The average molecular weight is 307 g/mol. The molecule has 0 bridgehead atoms. The first-order valence-electron chi connectivity index (χ1n) is 5.95. The molecule has 0 heterocycles. The van der Waals surface area contributed by atoms with E-state index in [2.05, 4.69) is 10.5 Å². The molecule has 2 aromatic rings. The predicted molar refractivity (Wildman–Crippen MR) is 82.3 cm³/mol. The highest BCUT2D eigenvalue weighted by atomic mass is 35.5. The van der Waals surface area contributed by atoms with Gasteiger partial charge in [0.25, 0.3) is 0 Å². The van der Waals surface area contributed by atoms with E-state index in [0.717, 1.165) is 11.1 Å². The number of hydrogen-bond donors (Lipinski definition) is 1. The quantitative estimate of drug-likeness (QED) is 0.679. The SMILES string of the molecule is O=C(Cc1ccc(Cl)cc1)NN=Cc1ccc(Cl)cc1. The van der Waals surface area contributed by atoms with Crippen LogP contribution < -0.4 is 5.43 Å². The standard InChI is InChI=1S/C15H12Cl2N2O/c16-13-5-1-11(2-6-13)9-15(20)19-18-10-12-3-7-14(17)8-4-12/h1-8,10H,9H2,(H,19,20). The fourth-order valence-corrected chi connectivity index (χ4v) is 1.81. The summed E-state index contributed by atoms with van der Waals surface area (Å²) in [4.78, 5) is 11.7. The van der Waals surface area contributed by atoms with E-state index >= 15 is 0 Å². The topological polar surface area (TPSA) is 41.5 Å². The third-order valence-electron chi connectivity index (χ3n) is 2.55. The van der Waals surface area contributed by atoms with Crippen LogP contribution in [-0.4, -0.2) is 12.1 Å². The van der Waals surface area contributed by atoms with Crippen LogP contribution in [0.1, 0.15) is 11.1 Å². The van der Waals surface area contributed by atoms with Crippen LogP contribution in [0.4, 0.5) is 0 Å². The minimum absolute atomic E-state index is 0.183. The molecule has 3 nitrogen and oxygen atoms in total. The number of halogens is 2. The molecule has 0 atom stereocenters. The molecule has 0 aliphatic heterocycles. The summed E-state index contributed by atoms with van der Waals surface area (Å²) in [5.74, 6) is -0.183. The normalized spacial score (nSPS) is 10.7. The van der Waals surface area contributed by atoms with Crippen molar-refractivity contribution < 1.29 is 4.79 Å². The van der Waals surface area contributed by atoms with Gasteiger partial charge in [-0.15, -0.1) is 0 Å². The van der Waals surface area contributed by atoms with Gasteiger partial charge in [0.05, 0.1) is 12.6 Å². The highest BCUT2D eigenvalue weighted by Gasteiger charge is 2.01. The van der Waals surface area contributed by atoms with E-state index < -0.39 is 0 Å². The molecule has 0 aromatic heterocycles. The Morgan fingerprint density at radius 3 is 2.15 bits per heavy atom. The monoisotopic (exact) mass is 306 g/mol. The Kier molecular flexibility index (Phi) is 5.16. The smallest absolute Gasteiger partial charge is 0.244 e. The highest BCUT2D eigenvalue weighted by Crippen LogP contribution is 2.10. The van der Waals surface area contributed by atoms with Gasteiger partial charge in [-0.05, 0) is 35.4 Å². The summed E-state index contributed by atoms with van der Waals surface area (Å²) in [6.07, 6.45) is 1.82. The number of carbonyl (C=O) groups is 1. The van der Waals surface area contributed by atoms with Gasteiger partial charge in [-0.25, -0.2) is 5.43 Å². The van der Waals surface area contributed by atoms with Gasteiger partial charge in [-0.1, -0.05) is 47.5 Å². The zero-order valence-electron chi connectivity index (χ0n) is 10.5. The second-order valence-corrected chi connectivity index (χ2v) is 5.02. The van der Waals surface area contributed by atoms with Crippen LogP contribution >= 0.6 is 23.2 Å². The fraction of sp³-hybridized carbons (Fsp3) is 0.0667.